The fraction of sp³-hybridized carbons (Fsp3) is 0.636. The number of nitrogens with one attached hydrogen (secondary N) is 1. The van der Waals surface area contributed by atoms with E-state index in [1.165, 1.54) is 32.1 Å². The molecule has 5 heteroatoms. The molecule has 1 aliphatic rings. The van der Waals surface area contributed by atoms with Gasteiger partial charge in [-0.2, -0.15) is 0 Å². The molecule has 0 spiro atoms. The zero-order valence-electron chi connectivity index (χ0n) is 9.52. The number of hydrogen-bond donors (Lipinski definition) is 2. The predicted octanol–water partition coefficient (Wildman–Crippen LogP) is 1.53. The van der Waals surface area contributed by atoms with Crippen molar-refractivity contribution in [1.82, 2.24) is 10.2 Å². The quantitative estimate of drug-likeness (QED) is 0.585. The first-order valence-corrected chi connectivity index (χ1v) is 5.95. The normalized spacial score (nSPS) is 17.7. The zero-order chi connectivity index (χ0) is 11.2. The summed E-state index contributed by atoms with van der Waals surface area (Å²) >= 11 is 0. The summed E-state index contributed by atoms with van der Waals surface area (Å²) in [7, 11) is 0. The van der Waals surface area contributed by atoms with Gasteiger partial charge in [0.2, 0.25) is 0 Å². The van der Waals surface area contributed by atoms with Gasteiger partial charge >= 0.3 is 0 Å². The second kappa shape index (κ2) is 5.65. The van der Waals surface area contributed by atoms with Crippen LogP contribution in [-0.4, -0.2) is 23.3 Å². The summed E-state index contributed by atoms with van der Waals surface area (Å²) in [5.74, 6) is 6.82. The smallest absolute Gasteiger partial charge is 0.162 e. The second-order valence-corrected chi connectivity index (χ2v) is 4.18. The number of rotatable bonds is 2. The highest BCUT2D eigenvalue weighted by Crippen LogP contribution is 2.16. The average molecular weight is 221 g/mol. The minimum Gasteiger partial charge on any atom is -0.355 e. The first-order valence-electron chi connectivity index (χ1n) is 5.95. The topological polar surface area (TPSA) is 67.1 Å². The van der Waals surface area contributed by atoms with Gasteiger partial charge in [-0.15, -0.1) is 10.2 Å². The molecule has 1 aromatic heterocycles. The molecule has 2 heterocycles. The van der Waals surface area contributed by atoms with Crippen LogP contribution in [0.5, 0.6) is 0 Å². The van der Waals surface area contributed by atoms with Crippen molar-refractivity contribution in [2.24, 2.45) is 5.84 Å². The van der Waals surface area contributed by atoms with Crippen LogP contribution < -0.4 is 16.2 Å². The Bertz CT molecular complexity index is 303. The van der Waals surface area contributed by atoms with Crippen molar-refractivity contribution in [3.63, 3.8) is 0 Å². The van der Waals surface area contributed by atoms with Crippen LogP contribution in [0.1, 0.15) is 32.1 Å². The summed E-state index contributed by atoms with van der Waals surface area (Å²) in [6.45, 7) is 2.17. The van der Waals surface area contributed by atoms with E-state index in [0.717, 1.165) is 18.9 Å². The molecular formula is C11H19N5. The van der Waals surface area contributed by atoms with Gasteiger partial charge in [-0.25, -0.2) is 5.84 Å². The molecule has 0 aromatic carbocycles. The van der Waals surface area contributed by atoms with Gasteiger partial charge < -0.3 is 10.3 Å². The SMILES string of the molecule is NNc1ccc(N2CCCCCCC2)nn1. The second-order valence-electron chi connectivity index (χ2n) is 4.18. The van der Waals surface area contributed by atoms with Crippen molar-refractivity contribution in [3.05, 3.63) is 12.1 Å². The predicted molar refractivity (Wildman–Crippen MR) is 65.1 cm³/mol. The first-order chi connectivity index (χ1) is 7.90. The van der Waals surface area contributed by atoms with E-state index in [-0.39, 0.29) is 0 Å². The van der Waals surface area contributed by atoms with Gasteiger partial charge in [-0.1, -0.05) is 19.3 Å². The Morgan fingerprint density at radius 2 is 1.69 bits per heavy atom. The maximum atomic E-state index is 5.26. The Morgan fingerprint density at radius 3 is 2.25 bits per heavy atom. The highest BCUT2D eigenvalue weighted by atomic mass is 15.3. The Morgan fingerprint density at radius 1 is 1.00 bits per heavy atom. The fourth-order valence-corrected chi connectivity index (χ4v) is 2.05. The molecule has 1 fully saturated rings. The van der Waals surface area contributed by atoms with E-state index in [2.05, 4.69) is 20.5 Å². The number of hydrazine groups is 1. The minimum absolute atomic E-state index is 0.607. The van der Waals surface area contributed by atoms with E-state index in [9.17, 15) is 0 Å². The molecule has 3 N–H and O–H groups in total. The molecule has 1 aromatic rings. The number of nitrogen functional groups attached to an aromatic ring is 1. The van der Waals surface area contributed by atoms with Gasteiger partial charge in [0.1, 0.15) is 0 Å². The molecule has 0 radical (unpaired) electrons. The van der Waals surface area contributed by atoms with E-state index in [4.69, 9.17) is 5.84 Å². The summed E-state index contributed by atoms with van der Waals surface area (Å²) in [6.07, 6.45) is 6.52. The van der Waals surface area contributed by atoms with Gasteiger partial charge in [0.15, 0.2) is 11.6 Å². The largest absolute Gasteiger partial charge is 0.355 e. The number of aromatic nitrogens is 2. The van der Waals surface area contributed by atoms with Crippen LogP contribution in [-0.2, 0) is 0 Å². The molecule has 0 saturated carbocycles. The number of hydrogen-bond acceptors (Lipinski definition) is 5. The van der Waals surface area contributed by atoms with Crippen LogP contribution in [0.3, 0.4) is 0 Å². The van der Waals surface area contributed by atoms with Gasteiger partial charge in [-0.05, 0) is 25.0 Å². The summed E-state index contributed by atoms with van der Waals surface area (Å²) in [6, 6.07) is 3.84. The number of nitrogens with zero attached hydrogens (tertiary/aromatic N) is 3. The summed E-state index contributed by atoms with van der Waals surface area (Å²) in [5, 5.41) is 8.18. The van der Waals surface area contributed by atoms with E-state index in [1.54, 1.807) is 0 Å². The summed E-state index contributed by atoms with van der Waals surface area (Å²) in [5.41, 5.74) is 2.49. The van der Waals surface area contributed by atoms with Crippen LogP contribution in [0.15, 0.2) is 12.1 Å². The highest BCUT2D eigenvalue weighted by Gasteiger charge is 2.10. The molecule has 0 unspecified atom stereocenters. The first kappa shape index (κ1) is 11.1. The Balaban J connectivity index is 2.02. The maximum absolute atomic E-state index is 5.26. The Hall–Kier alpha value is -1.36. The molecule has 0 atom stereocenters. The van der Waals surface area contributed by atoms with E-state index < -0.39 is 0 Å². The molecule has 2 rings (SSSR count). The van der Waals surface area contributed by atoms with E-state index >= 15 is 0 Å². The average Bonchev–Trinajstić information content (AvgIpc) is 2.29. The standard InChI is InChI=1S/C11H19N5/c12-13-10-6-7-11(15-14-10)16-8-4-2-1-3-5-9-16/h6-7H,1-5,8-9,12H2,(H,13,14). The number of nitrogens with two attached hydrogens (primary N) is 1. The monoisotopic (exact) mass is 221 g/mol. The van der Waals surface area contributed by atoms with Crippen LogP contribution in [0, 0.1) is 0 Å². The molecule has 88 valence electrons. The maximum Gasteiger partial charge on any atom is 0.162 e. The van der Waals surface area contributed by atoms with E-state index in [1.807, 2.05) is 12.1 Å². The van der Waals surface area contributed by atoms with Gasteiger partial charge in [0.25, 0.3) is 0 Å². The van der Waals surface area contributed by atoms with Crippen LogP contribution in [0.25, 0.3) is 0 Å². The van der Waals surface area contributed by atoms with Gasteiger partial charge in [0.05, 0.1) is 0 Å². The van der Waals surface area contributed by atoms with Crippen molar-refractivity contribution >= 4 is 11.6 Å². The summed E-state index contributed by atoms with van der Waals surface area (Å²) < 4.78 is 0. The van der Waals surface area contributed by atoms with Crippen molar-refractivity contribution in [1.29, 1.82) is 0 Å². The third-order valence-corrected chi connectivity index (χ3v) is 2.98. The summed E-state index contributed by atoms with van der Waals surface area (Å²) in [4.78, 5) is 2.31. The zero-order valence-corrected chi connectivity index (χ0v) is 9.52. The third-order valence-electron chi connectivity index (χ3n) is 2.98. The Labute approximate surface area is 96.0 Å². The van der Waals surface area contributed by atoms with Crippen molar-refractivity contribution < 1.29 is 0 Å². The lowest BCUT2D eigenvalue weighted by molar-refractivity contribution is 0.552. The fourth-order valence-electron chi connectivity index (χ4n) is 2.05. The lowest BCUT2D eigenvalue weighted by atomic mass is 10.1. The lowest BCUT2D eigenvalue weighted by Gasteiger charge is -2.25. The van der Waals surface area contributed by atoms with Crippen LogP contribution >= 0.6 is 0 Å². The van der Waals surface area contributed by atoms with E-state index in [0.29, 0.717) is 5.82 Å². The molecule has 5 nitrogen and oxygen atoms in total. The highest BCUT2D eigenvalue weighted by molar-refractivity contribution is 5.42. The molecule has 0 bridgehead atoms. The molecular weight excluding hydrogens is 202 g/mol. The van der Waals surface area contributed by atoms with Crippen molar-refractivity contribution in [3.8, 4) is 0 Å². The Kier molecular flexibility index (Phi) is 3.93. The van der Waals surface area contributed by atoms with Crippen LogP contribution in [0.4, 0.5) is 11.6 Å². The van der Waals surface area contributed by atoms with Crippen LogP contribution in [0.2, 0.25) is 0 Å². The lowest BCUT2D eigenvalue weighted by Crippen LogP contribution is -2.28. The third kappa shape index (κ3) is 2.82. The van der Waals surface area contributed by atoms with Gasteiger partial charge in [-0.3, -0.25) is 0 Å². The van der Waals surface area contributed by atoms with Crippen molar-refractivity contribution in [2.75, 3.05) is 23.4 Å². The molecule has 0 amide bonds. The number of anilines is 2. The van der Waals surface area contributed by atoms with Gasteiger partial charge in [0, 0.05) is 13.1 Å². The molecule has 16 heavy (non-hydrogen) atoms. The minimum atomic E-state index is 0.607. The molecule has 1 saturated heterocycles. The molecule has 1 aliphatic heterocycles. The molecule has 0 aliphatic carbocycles. The van der Waals surface area contributed by atoms with Crippen molar-refractivity contribution in [2.45, 2.75) is 32.1 Å².